The third kappa shape index (κ3) is 1500. The van der Waals surface area contributed by atoms with E-state index in [0.717, 1.165) is 0 Å². The second-order valence-corrected chi connectivity index (χ2v) is 0.412. The van der Waals surface area contributed by atoms with Crippen molar-refractivity contribution in [2.24, 2.45) is 0 Å². The SMILES string of the molecule is O=CO.O=CO.O=CO.O=C[O-].[Th]. The van der Waals surface area contributed by atoms with Gasteiger partial charge in [0.1, 0.15) is 0 Å². The van der Waals surface area contributed by atoms with Crippen molar-refractivity contribution in [1.29, 1.82) is 0 Å². The predicted molar refractivity (Wildman–Crippen MR) is 32.1 cm³/mol. The van der Waals surface area contributed by atoms with Gasteiger partial charge in [-0.25, -0.2) is 0 Å². The van der Waals surface area contributed by atoms with E-state index >= 15 is 0 Å². The summed E-state index contributed by atoms with van der Waals surface area (Å²) in [4.78, 5) is 33.3. The molecule has 0 fully saturated rings. The maximum atomic E-state index is 8.36. The normalized spacial score (nSPS) is 3.69. The molecule has 0 bridgehead atoms. The molecule has 8 nitrogen and oxygen atoms in total. The summed E-state index contributed by atoms with van der Waals surface area (Å²) < 4.78 is 0. The van der Waals surface area contributed by atoms with Gasteiger partial charge in [0.05, 0.1) is 0 Å². The first-order valence-corrected chi connectivity index (χ1v) is 1.95. The maximum absolute atomic E-state index is 8.36. The zero-order valence-electron chi connectivity index (χ0n) is 6.19. The minimum atomic E-state index is -0.500. The van der Waals surface area contributed by atoms with E-state index in [4.69, 9.17) is 39.6 Å². The summed E-state index contributed by atoms with van der Waals surface area (Å²) in [7, 11) is 0. The van der Waals surface area contributed by atoms with Gasteiger partial charge in [-0.3, -0.25) is 14.4 Å². The topological polar surface area (TPSA) is 152 Å². The van der Waals surface area contributed by atoms with Gasteiger partial charge in [-0.2, -0.15) is 0 Å². The summed E-state index contributed by atoms with van der Waals surface area (Å²) in [5, 5.41) is 28.9. The van der Waals surface area contributed by atoms with Gasteiger partial charge >= 0.3 is 0 Å². The van der Waals surface area contributed by atoms with Crippen LogP contribution >= 0.6 is 0 Å². The Kier molecular flexibility index (Phi) is 258. The van der Waals surface area contributed by atoms with Gasteiger partial charge in [0.25, 0.3) is 19.4 Å². The Bertz CT molecular complexity index is 70.1. The molecule has 0 aliphatic rings. The molecule has 13 heavy (non-hydrogen) atoms. The smallest absolute Gasteiger partial charge is 0.290 e. The molecule has 0 aromatic carbocycles. The van der Waals surface area contributed by atoms with Crippen LogP contribution in [0, 0.1) is 39.9 Å². The van der Waals surface area contributed by atoms with Crippen LogP contribution in [-0.2, 0) is 19.2 Å². The molecular formula is C4H7O8Th-. The number of rotatable bonds is 0. The van der Waals surface area contributed by atoms with Crippen LogP contribution in [0.15, 0.2) is 0 Å². The number of carbonyl (C=O) groups excluding carboxylic acids is 1. The Hall–Kier alpha value is -0.795. The Labute approximate surface area is 105 Å². The standard InChI is InChI=1S/4CH2O2.Th/c4*2-1-3;/h4*1H,(H,2,3);/p-1. The molecule has 0 aromatic rings. The van der Waals surface area contributed by atoms with Crippen molar-refractivity contribution < 1.29 is 79.5 Å². The molecule has 0 aliphatic heterocycles. The van der Waals surface area contributed by atoms with Crippen molar-refractivity contribution in [3.8, 4) is 0 Å². The second kappa shape index (κ2) is 114. The molecule has 3 N–H and O–H groups in total. The third-order valence-electron chi connectivity index (χ3n) is 0. The number of hydrogen-bond acceptors (Lipinski definition) is 5. The average molecular weight is 415 g/mol. The first kappa shape index (κ1) is 29.5. The van der Waals surface area contributed by atoms with Crippen LogP contribution in [0.2, 0.25) is 0 Å². The molecule has 0 atom stereocenters. The van der Waals surface area contributed by atoms with E-state index in [1.807, 2.05) is 0 Å². The first-order valence-electron chi connectivity index (χ1n) is 1.95. The van der Waals surface area contributed by atoms with Gasteiger partial charge in [0, 0.05) is 46.4 Å². The summed E-state index contributed by atoms with van der Waals surface area (Å²) in [6.45, 7) is -1.25. The molecule has 0 amide bonds. The Morgan fingerprint density at radius 1 is 0.769 bits per heavy atom. The largest absolute Gasteiger partial charge is 0.554 e. The molecule has 76 valence electrons. The van der Waals surface area contributed by atoms with E-state index in [1.165, 1.54) is 0 Å². The quantitative estimate of drug-likeness (QED) is 0.367. The summed E-state index contributed by atoms with van der Waals surface area (Å²) in [6, 6.07) is 0. The van der Waals surface area contributed by atoms with Crippen LogP contribution < -0.4 is 5.11 Å². The van der Waals surface area contributed by atoms with Crippen molar-refractivity contribution in [1.82, 2.24) is 0 Å². The Morgan fingerprint density at radius 2 is 0.769 bits per heavy atom. The molecule has 0 unspecified atom stereocenters. The fourth-order valence-corrected chi connectivity index (χ4v) is 0. The van der Waals surface area contributed by atoms with Crippen molar-refractivity contribution in [2.45, 2.75) is 0 Å². The number of carboxylic acid groups (broad SMARTS) is 4. The van der Waals surface area contributed by atoms with E-state index in [-0.39, 0.29) is 59.4 Å². The monoisotopic (exact) mass is 415 g/mol. The predicted octanol–water partition coefficient (Wildman–Crippen LogP) is -2.53. The molecule has 0 spiro atoms. The zero-order valence-corrected chi connectivity index (χ0v) is 10.3. The summed E-state index contributed by atoms with van der Waals surface area (Å²) in [5.41, 5.74) is 0. The molecule has 9 heteroatoms. The van der Waals surface area contributed by atoms with E-state index < -0.39 is 6.47 Å². The first-order chi connectivity index (χ1) is 5.66. The van der Waals surface area contributed by atoms with Crippen LogP contribution in [0.4, 0.5) is 0 Å². The van der Waals surface area contributed by atoms with Crippen LogP contribution in [0.3, 0.4) is 0 Å². The van der Waals surface area contributed by atoms with E-state index in [0.29, 0.717) is 0 Å². The molecule has 0 aliphatic carbocycles. The van der Waals surface area contributed by atoms with Gasteiger partial charge in [0.2, 0.25) is 0 Å². The minimum absolute atomic E-state index is 0. The molecular weight excluding hydrogens is 408 g/mol. The molecule has 0 rings (SSSR count). The van der Waals surface area contributed by atoms with Gasteiger partial charge in [0.15, 0.2) is 0 Å². The fourth-order valence-electron chi connectivity index (χ4n) is 0. The summed E-state index contributed by atoms with van der Waals surface area (Å²) in [5.74, 6) is 0. The van der Waals surface area contributed by atoms with Crippen LogP contribution in [-0.4, -0.2) is 41.2 Å². The van der Waals surface area contributed by atoms with E-state index in [9.17, 15) is 0 Å². The Balaban J connectivity index is -0.0000000213. The van der Waals surface area contributed by atoms with Crippen LogP contribution in [0.1, 0.15) is 0 Å². The van der Waals surface area contributed by atoms with Gasteiger partial charge in [-0.05, 0) is 0 Å². The van der Waals surface area contributed by atoms with Crippen molar-refractivity contribution >= 4 is 25.9 Å². The number of hydrogen-bond donors (Lipinski definition) is 3. The fraction of sp³-hybridized carbons (Fsp3) is 0. The zero-order chi connectivity index (χ0) is 10.8. The Morgan fingerprint density at radius 3 is 0.769 bits per heavy atom. The average Bonchev–Trinajstić information content (AvgIpc) is 1.92. The van der Waals surface area contributed by atoms with Gasteiger partial charge in [-0.15, -0.1) is 0 Å². The van der Waals surface area contributed by atoms with Gasteiger partial charge < -0.3 is 25.2 Å². The van der Waals surface area contributed by atoms with Crippen LogP contribution in [0.25, 0.3) is 0 Å². The molecule has 0 saturated carbocycles. The molecule has 0 heterocycles. The summed E-state index contributed by atoms with van der Waals surface area (Å²) in [6.07, 6.45) is 0. The van der Waals surface area contributed by atoms with Crippen molar-refractivity contribution in [3.63, 3.8) is 0 Å². The van der Waals surface area contributed by atoms with Gasteiger partial charge in [-0.1, -0.05) is 0 Å². The summed E-state index contributed by atoms with van der Waals surface area (Å²) >= 11 is 0. The minimum Gasteiger partial charge on any atom is -0.554 e. The molecule has 0 radical (unpaired) electrons. The third-order valence-corrected chi connectivity index (χ3v) is 0. The second-order valence-electron chi connectivity index (χ2n) is 0.412. The van der Waals surface area contributed by atoms with Crippen molar-refractivity contribution in [2.75, 3.05) is 0 Å². The van der Waals surface area contributed by atoms with E-state index in [1.54, 1.807) is 0 Å². The van der Waals surface area contributed by atoms with E-state index in [2.05, 4.69) is 0 Å². The maximum Gasteiger partial charge on any atom is 0.290 e. The number of carbonyl (C=O) groups is 4. The molecule has 0 aromatic heterocycles. The van der Waals surface area contributed by atoms with Crippen LogP contribution in [0.5, 0.6) is 0 Å². The molecule has 0 saturated heterocycles. The van der Waals surface area contributed by atoms with Crippen molar-refractivity contribution in [3.05, 3.63) is 0 Å².